The first-order valence-corrected chi connectivity index (χ1v) is 34.9. The Morgan fingerprint density at radius 2 is 0.895 bits per heavy atom. The van der Waals surface area contributed by atoms with Crippen LogP contribution >= 0.6 is 0 Å². The molecule has 590 valence electrons. The van der Waals surface area contributed by atoms with Gasteiger partial charge in [0.15, 0.2) is 5.96 Å². The van der Waals surface area contributed by atoms with E-state index in [9.17, 15) is 107 Å². The third kappa shape index (κ3) is 28.6. The SMILES string of the molecule is CC(C)C[C@H](NC(=O)CN)C(=O)N[C@@H](CO)C(=O)N[C@@H](C)C(=O)N[C@@H](C)C(=O)N[C@@H](CO)C(=O)N1CCC[C@H]1C(=O)N1CCC[C@H]1C(=O)N[C@@H](CC(C)C)C(=O)N[C@@H](C)C(=O)N[C@@H](CCC(=O)O)C(=O)N[C@H](C(=O)NCC(=O)N[C@@H](C)C(=O)N1CCC[C@H]1C(=O)N[C@@H](CCCN=C(N)N)C(=O)O)[C@@H](C)O. The van der Waals surface area contributed by atoms with Crippen LogP contribution in [0.3, 0.4) is 0 Å². The summed E-state index contributed by atoms with van der Waals surface area (Å²) in [5.41, 5.74) is 16.0. The fourth-order valence-corrected chi connectivity index (χ4v) is 11.7. The fourth-order valence-electron chi connectivity index (χ4n) is 11.7. The smallest absolute Gasteiger partial charge is 0.326 e. The third-order valence-corrected chi connectivity index (χ3v) is 17.3. The van der Waals surface area contributed by atoms with Crippen LogP contribution in [0, 0.1) is 11.8 Å². The van der Waals surface area contributed by atoms with E-state index in [-0.39, 0.29) is 88.9 Å². The van der Waals surface area contributed by atoms with Crippen LogP contribution in [0.1, 0.15) is 139 Å². The molecule has 105 heavy (non-hydrogen) atoms. The summed E-state index contributed by atoms with van der Waals surface area (Å²) >= 11 is 0. The van der Waals surface area contributed by atoms with E-state index < -0.39 is 230 Å². The minimum absolute atomic E-state index is 0.00463. The van der Waals surface area contributed by atoms with Gasteiger partial charge in [0.25, 0.3) is 0 Å². The molecular formula is C64H107N19O22. The highest BCUT2D eigenvalue weighted by molar-refractivity contribution is 6.01. The molecule has 0 saturated carbocycles. The Labute approximate surface area is 606 Å². The Hall–Kier alpha value is -9.90. The van der Waals surface area contributed by atoms with Crippen LogP contribution in [-0.2, 0) is 81.5 Å². The third-order valence-electron chi connectivity index (χ3n) is 17.3. The number of carbonyl (C=O) groups excluding carboxylic acids is 15. The molecule has 3 aliphatic heterocycles. The number of hydrogen-bond donors (Lipinski definition) is 20. The largest absolute Gasteiger partial charge is 0.481 e. The maximum Gasteiger partial charge on any atom is 0.326 e. The van der Waals surface area contributed by atoms with Crippen LogP contribution in [0.5, 0.6) is 0 Å². The Morgan fingerprint density at radius 3 is 1.39 bits per heavy atom. The van der Waals surface area contributed by atoms with Gasteiger partial charge in [-0.15, -0.1) is 0 Å². The average molecular weight is 1490 g/mol. The van der Waals surface area contributed by atoms with Crippen molar-refractivity contribution < 1.29 is 107 Å². The number of carboxylic acid groups (broad SMARTS) is 2. The summed E-state index contributed by atoms with van der Waals surface area (Å²) in [7, 11) is 0. The molecule has 41 nitrogen and oxygen atoms in total. The highest BCUT2D eigenvalue weighted by Crippen LogP contribution is 2.27. The van der Waals surface area contributed by atoms with Crippen LogP contribution in [-0.4, -0.2) is 290 Å². The molecule has 0 radical (unpaired) electrons. The topological polar surface area (TPSA) is 636 Å². The standard InChI is InChI=1S/C64H107N19O22/c1-30(2)24-39(74-46(87)26-65)55(96)78-41(28-84)56(97)73-32(5)50(91)71-33(6)52(93)79-42(29-85)61(102)83-23-13-17-45(83)62(103)82-22-12-16-44(82)58(99)77-40(25-31(3)4)54(95)72-34(7)51(92)75-37(18-19-48(89)90)53(94)80-49(36(9)86)59(100)69-27-47(88)70-35(8)60(101)81-21-11-15-43(81)57(98)76-38(63(104)105)14-10-20-68-64(66)67/h30-45,49,84-86H,10-29,65H2,1-9H3,(H,69,100)(H,70,88)(H,71,91)(H,72,95)(H,73,97)(H,74,87)(H,75,92)(H,76,98)(H,77,99)(H,78,96)(H,79,93)(H,80,94)(H,89,90)(H,104,105)(H4,66,67,68)/t32-,33-,34-,35-,36+,37-,38-,39-,40-,41-,42-,43-,44-,45-,49-/m0/s1. The first-order chi connectivity index (χ1) is 49.3. The van der Waals surface area contributed by atoms with Crippen molar-refractivity contribution in [1.82, 2.24) is 78.5 Å². The van der Waals surface area contributed by atoms with Gasteiger partial charge in [0, 0.05) is 32.6 Å². The predicted molar refractivity (Wildman–Crippen MR) is 369 cm³/mol. The van der Waals surface area contributed by atoms with Crippen molar-refractivity contribution in [3.05, 3.63) is 0 Å². The second kappa shape index (κ2) is 43.4. The van der Waals surface area contributed by atoms with Gasteiger partial charge in [-0.05, 0) is 117 Å². The average Bonchev–Trinajstić information content (AvgIpc) is 1.68. The van der Waals surface area contributed by atoms with Gasteiger partial charge in [-0.1, -0.05) is 27.7 Å². The monoisotopic (exact) mass is 1490 g/mol. The van der Waals surface area contributed by atoms with Gasteiger partial charge in [-0.3, -0.25) is 81.7 Å². The zero-order valence-electron chi connectivity index (χ0n) is 60.7. The number of likely N-dealkylation sites (tertiary alicyclic amines) is 3. The number of guanidine groups is 1. The van der Waals surface area contributed by atoms with E-state index in [1.54, 1.807) is 27.7 Å². The van der Waals surface area contributed by atoms with Gasteiger partial charge in [0.1, 0.15) is 84.6 Å². The summed E-state index contributed by atoms with van der Waals surface area (Å²) in [5, 5.41) is 78.7. The lowest BCUT2D eigenvalue weighted by Gasteiger charge is -2.33. The summed E-state index contributed by atoms with van der Waals surface area (Å²) in [6.45, 7) is 10.3. The summed E-state index contributed by atoms with van der Waals surface area (Å²) in [6.07, 6.45) is -1.25. The van der Waals surface area contributed by atoms with Crippen molar-refractivity contribution in [2.24, 2.45) is 34.0 Å². The van der Waals surface area contributed by atoms with E-state index in [4.69, 9.17) is 17.2 Å². The molecule has 15 amide bonds. The lowest BCUT2D eigenvalue weighted by atomic mass is 10.0. The van der Waals surface area contributed by atoms with Crippen LogP contribution in [0.2, 0.25) is 0 Å². The Bertz CT molecular complexity index is 3150. The van der Waals surface area contributed by atoms with Crippen molar-refractivity contribution in [2.45, 2.75) is 230 Å². The molecule has 0 aromatic carbocycles. The molecule has 0 aromatic rings. The fraction of sp³-hybridized carbons (Fsp3) is 0.719. The predicted octanol–water partition coefficient (Wildman–Crippen LogP) is -9.09. The van der Waals surface area contributed by atoms with Crippen molar-refractivity contribution in [3.63, 3.8) is 0 Å². The number of aliphatic hydroxyl groups excluding tert-OH is 3. The molecular weight excluding hydrogens is 1390 g/mol. The number of amides is 15. The quantitative estimate of drug-likeness (QED) is 0.0153. The molecule has 3 fully saturated rings. The number of nitrogens with one attached hydrogen (secondary N) is 12. The highest BCUT2D eigenvalue weighted by Gasteiger charge is 2.45. The molecule has 3 rings (SSSR count). The summed E-state index contributed by atoms with van der Waals surface area (Å²) in [4.78, 5) is 233. The van der Waals surface area contributed by atoms with Crippen molar-refractivity contribution in [2.75, 3.05) is 52.5 Å². The lowest BCUT2D eigenvalue weighted by Crippen LogP contribution is -2.60. The number of nitrogens with two attached hydrogens (primary N) is 3. The van der Waals surface area contributed by atoms with Gasteiger partial charge in [0.05, 0.1) is 32.4 Å². The summed E-state index contributed by atoms with van der Waals surface area (Å²) in [6, 6.07) is -19.5. The van der Waals surface area contributed by atoms with E-state index in [0.29, 0.717) is 19.3 Å². The van der Waals surface area contributed by atoms with E-state index in [1.807, 2.05) is 0 Å². The Balaban J connectivity index is 1.62. The van der Waals surface area contributed by atoms with Crippen LogP contribution in [0.25, 0.3) is 0 Å². The number of rotatable bonds is 42. The zero-order chi connectivity index (χ0) is 79.3. The Kier molecular flexibility index (Phi) is 36.9. The molecule has 0 bridgehead atoms. The van der Waals surface area contributed by atoms with Gasteiger partial charge >= 0.3 is 11.9 Å². The van der Waals surface area contributed by atoms with E-state index in [2.05, 4.69) is 68.8 Å². The van der Waals surface area contributed by atoms with Crippen LogP contribution in [0.15, 0.2) is 4.99 Å². The molecule has 0 unspecified atom stereocenters. The lowest BCUT2D eigenvalue weighted by molar-refractivity contribution is -0.148. The number of hydrogen-bond acceptors (Lipinski definition) is 22. The van der Waals surface area contributed by atoms with Crippen molar-refractivity contribution in [1.29, 1.82) is 0 Å². The second-order valence-corrected chi connectivity index (χ2v) is 27.0. The zero-order valence-corrected chi connectivity index (χ0v) is 60.7. The molecule has 3 saturated heterocycles. The molecule has 15 atom stereocenters. The molecule has 3 heterocycles. The molecule has 23 N–H and O–H groups in total. The normalized spacial score (nSPS) is 19.0. The van der Waals surface area contributed by atoms with Gasteiger partial charge in [-0.25, -0.2) is 4.79 Å². The first kappa shape index (κ1) is 89.3. The van der Waals surface area contributed by atoms with Gasteiger partial charge < -0.3 is 121 Å². The van der Waals surface area contributed by atoms with Crippen LogP contribution in [0.4, 0.5) is 0 Å². The van der Waals surface area contributed by atoms with E-state index >= 15 is 0 Å². The Morgan fingerprint density at radius 1 is 0.457 bits per heavy atom. The maximum atomic E-state index is 14.4. The molecule has 3 aliphatic rings. The second-order valence-electron chi connectivity index (χ2n) is 27.0. The summed E-state index contributed by atoms with van der Waals surface area (Å²) < 4.78 is 0. The number of aliphatic carboxylic acids is 2. The molecule has 0 aliphatic carbocycles. The van der Waals surface area contributed by atoms with Gasteiger partial charge in [0.2, 0.25) is 88.6 Å². The van der Waals surface area contributed by atoms with Crippen molar-refractivity contribution in [3.8, 4) is 0 Å². The van der Waals surface area contributed by atoms with Crippen LogP contribution < -0.4 is 81.0 Å². The minimum Gasteiger partial charge on any atom is -0.481 e. The first-order valence-electron chi connectivity index (χ1n) is 34.9. The van der Waals surface area contributed by atoms with E-state index in [1.165, 1.54) is 37.5 Å². The number of aliphatic hydroxyl groups is 3. The number of aliphatic imine (C=N–C) groups is 1. The minimum atomic E-state index is -1.84. The van der Waals surface area contributed by atoms with E-state index in [0.717, 1.165) is 11.8 Å². The molecule has 0 aromatic heterocycles. The number of nitrogens with zero attached hydrogens (tertiary/aromatic N) is 4. The van der Waals surface area contributed by atoms with Gasteiger partial charge in [-0.2, -0.15) is 0 Å². The summed E-state index contributed by atoms with van der Waals surface area (Å²) in [5.74, 6) is -16.5. The maximum absolute atomic E-state index is 14.4. The highest BCUT2D eigenvalue weighted by atomic mass is 16.4. The van der Waals surface area contributed by atoms with Crippen molar-refractivity contribution >= 4 is 107 Å². The molecule has 0 spiro atoms. The number of carboxylic acids is 2. The number of carbonyl (C=O) groups is 17. The molecule has 41 heteroatoms.